The number of anilines is 2. The molecule has 2 amide bonds. The average molecular weight is 396 g/mol. The van der Waals surface area contributed by atoms with Crippen LogP contribution in [0.2, 0.25) is 0 Å². The number of hydrogen-bond donors (Lipinski definition) is 1. The third-order valence-corrected chi connectivity index (χ3v) is 5.66. The van der Waals surface area contributed by atoms with Crippen LogP contribution in [0.4, 0.5) is 16.3 Å². The van der Waals surface area contributed by atoms with E-state index in [-0.39, 0.29) is 6.03 Å². The van der Waals surface area contributed by atoms with Gasteiger partial charge in [-0.1, -0.05) is 18.9 Å². The zero-order valence-electron chi connectivity index (χ0n) is 17.3. The summed E-state index contributed by atoms with van der Waals surface area (Å²) in [5.74, 6) is 2.56. The summed E-state index contributed by atoms with van der Waals surface area (Å²) in [6, 6.07) is 7.32. The zero-order chi connectivity index (χ0) is 20.2. The lowest BCUT2D eigenvalue weighted by atomic mass is 10.1. The topological polar surface area (TPSA) is 70.6 Å². The molecule has 0 saturated carbocycles. The Balaban J connectivity index is 1.54. The van der Waals surface area contributed by atoms with Crippen molar-refractivity contribution in [1.29, 1.82) is 0 Å². The normalized spacial score (nSPS) is 16.8. The van der Waals surface area contributed by atoms with E-state index in [4.69, 9.17) is 9.72 Å². The van der Waals surface area contributed by atoms with Gasteiger partial charge in [0.15, 0.2) is 0 Å². The molecule has 0 radical (unpaired) electrons. The van der Waals surface area contributed by atoms with Gasteiger partial charge in [0.1, 0.15) is 17.4 Å². The van der Waals surface area contributed by atoms with Crippen LogP contribution in [-0.4, -0.2) is 47.6 Å². The summed E-state index contributed by atoms with van der Waals surface area (Å²) in [5, 5.41) is 2.99. The Kier molecular flexibility index (Phi) is 5.83. The molecule has 1 fully saturated rings. The molecule has 7 heteroatoms. The number of hydrogen-bond acceptors (Lipinski definition) is 5. The van der Waals surface area contributed by atoms with Crippen LogP contribution in [0.25, 0.3) is 0 Å². The largest absolute Gasteiger partial charge is 0.497 e. The summed E-state index contributed by atoms with van der Waals surface area (Å²) >= 11 is 0. The second kappa shape index (κ2) is 8.68. The zero-order valence-corrected chi connectivity index (χ0v) is 17.3. The Morgan fingerprint density at radius 2 is 1.90 bits per heavy atom. The second-order valence-electron chi connectivity index (χ2n) is 7.75. The van der Waals surface area contributed by atoms with Crippen LogP contribution in [-0.2, 0) is 13.0 Å². The van der Waals surface area contributed by atoms with Crippen LogP contribution in [0, 0.1) is 6.92 Å². The summed E-state index contributed by atoms with van der Waals surface area (Å²) in [7, 11) is 1.62. The fourth-order valence-electron chi connectivity index (χ4n) is 4.14. The fourth-order valence-corrected chi connectivity index (χ4v) is 4.14. The number of amides is 2. The monoisotopic (exact) mass is 395 g/mol. The third kappa shape index (κ3) is 4.44. The van der Waals surface area contributed by atoms with Gasteiger partial charge in [-0.25, -0.2) is 14.8 Å². The Hall–Kier alpha value is -2.83. The number of fused-ring (bicyclic) bond motifs is 1. The molecule has 1 aromatic heterocycles. The van der Waals surface area contributed by atoms with E-state index in [1.165, 1.54) is 25.7 Å². The van der Waals surface area contributed by atoms with Crippen molar-refractivity contribution in [2.75, 3.05) is 37.0 Å². The van der Waals surface area contributed by atoms with E-state index >= 15 is 0 Å². The van der Waals surface area contributed by atoms with Gasteiger partial charge >= 0.3 is 6.03 Å². The predicted molar refractivity (Wildman–Crippen MR) is 114 cm³/mol. The summed E-state index contributed by atoms with van der Waals surface area (Å²) in [4.78, 5) is 26.6. The number of ether oxygens (including phenoxy) is 1. The van der Waals surface area contributed by atoms with Crippen molar-refractivity contribution in [1.82, 2.24) is 14.9 Å². The molecule has 7 nitrogen and oxygen atoms in total. The lowest BCUT2D eigenvalue weighted by molar-refractivity contribution is 0.206. The van der Waals surface area contributed by atoms with Crippen molar-refractivity contribution in [3.8, 4) is 5.75 Å². The number of benzene rings is 1. The Morgan fingerprint density at radius 1 is 1.10 bits per heavy atom. The second-order valence-corrected chi connectivity index (χ2v) is 7.75. The molecule has 3 heterocycles. The van der Waals surface area contributed by atoms with Crippen molar-refractivity contribution in [3.05, 3.63) is 41.3 Å². The van der Waals surface area contributed by atoms with Gasteiger partial charge in [0, 0.05) is 43.4 Å². The van der Waals surface area contributed by atoms with Gasteiger partial charge in [-0.2, -0.15) is 0 Å². The number of urea groups is 1. The van der Waals surface area contributed by atoms with Crippen LogP contribution < -0.4 is 15.0 Å². The molecule has 0 aliphatic carbocycles. The molecule has 4 rings (SSSR count). The number of nitrogens with one attached hydrogen (secondary N) is 1. The number of aryl methyl sites for hydroxylation is 1. The first kappa shape index (κ1) is 19.5. The number of carbonyl (C=O) groups excluding carboxylic acids is 1. The van der Waals surface area contributed by atoms with Crippen molar-refractivity contribution in [3.63, 3.8) is 0 Å². The maximum atomic E-state index is 12.9. The summed E-state index contributed by atoms with van der Waals surface area (Å²) in [6.45, 7) is 5.21. The number of aromatic nitrogens is 2. The van der Waals surface area contributed by atoms with Crippen molar-refractivity contribution in [2.45, 2.75) is 45.6 Å². The summed E-state index contributed by atoms with van der Waals surface area (Å²) in [5.41, 5.74) is 2.92. The Bertz CT molecular complexity index is 878. The number of carbonyl (C=O) groups is 1. The summed E-state index contributed by atoms with van der Waals surface area (Å²) in [6.07, 6.45) is 5.69. The highest BCUT2D eigenvalue weighted by Crippen LogP contribution is 2.29. The highest BCUT2D eigenvalue weighted by atomic mass is 16.5. The highest BCUT2D eigenvalue weighted by molar-refractivity contribution is 5.89. The SMILES string of the molecule is COc1cccc(NC(=O)N2CCc3nc(C)nc(N4CCCCCC4)c3C2)c1. The fraction of sp³-hybridized carbons (Fsp3) is 0.500. The maximum Gasteiger partial charge on any atom is 0.322 e. The Labute approximate surface area is 172 Å². The van der Waals surface area contributed by atoms with E-state index in [2.05, 4.69) is 15.2 Å². The van der Waals surface area contributed by atoms with Crippen LogP contribution >= 0.6 is 0 Å². The van der Waals surface area contributed by atoms with Gasteiger partial charge in [-0.3, -0.25) is 0 Å². The number of nitrogens with zero attached hydrogens (tertiary/aromatic N) is 4. The van der Waals surface area contributed by atoms with E-state index in [1.807, 2.05) is 36.1 Å². The van der Waals surface area contributed by atoms with Gasteiger partial charge in [-0.15, -0.1) is 0 Å². The maximum absolute atomic E-state index is 12.9. The van der Waals surface area contributed by atoms with Crippen molar-refractivity contribution >= 4 is 17.5 Å². The van der Waals surface area contributed by atoms with Gasteiger partial charge in [-0.05, 0) is 31.9 Å². The van der Waals surface area contributed by atoms with E-state index in [1.54, 1.807) is 7.11 Å². The quantitative estimate of drug-likeness (QED) is 0.857. The smallest absolute Gasteiger partial charge is 0.322 e. The van der Waals surface area contributed by atoms with E-state index in [0.29, 0.717) is 13.1 Å². The van der Waals surface area contributed by atoms with Gasteiger partial charge in [0.2, 0.25) is 0 Å². The molecule has 2 aliphatic rings. The first-order valence-corrected chi connectivity index (χ1v) is 10.5. The van der Waals surface area contributed by atoms with E-state index < -0.39 is 0 Å². The molecule has 0 unspecified atom stereocenters. The highest BCUT2D eigenvalue weighted by Gasteiger charge is 2.27. The van der Waals surface area contributed by atoms with Gasteiger partial charge in [0.05, 0.1) is 19.3 Å². The first-order valence-electron chi connectivity index (χ1n) is 10.5. The molecule has 0 spiro atoms. The molecule has 1 saturated heterocycles. The average Bonchev–Trinajstić information content (AvgIpc) is 3.02. The lowest BCUT2D eigenvalue weighted by Gasteiger charge is -2.32. The number of rotatable bonds is 3. The summed E-state index contributed by atoms with van der Waals surface area (Å²) < 4.78 is 5.25. The molecule has 1 aromatic carbocycles. The first-order chi connectivity index (χ1) is 14.1. The molecular weight excluding hydrogens is 366 g/mol. The van der Waals surface area contributed by atoms with Gasteiger partial charge < -0.3 is 19.9 Å². The van der Waals surface area contributed by atoms with Crippen LogP contribution in [0.3, 0.4) is 0 Å². The number of methoxy groups -OCH3 is 1. The molecule has 0 atom stereocenters. The molecule has 2 aromatic rings. The van der Waals surface area contributed by atoms with E-state index in [9.17, 15) is 4.79 Å². The molecule has 29 heavy (non-hydrogen) atoms. The Morgan fingerprint density at radius 3 is 2.66 bits per heavy atom. The third-order valence-electron chi connectivity index (χ3n) is 5.66. The van der Waals surface area contributed by atoms with Crippen LogP contribution in [0.1, 0.15) is 42.8 Å². The minimum Gasteiger partial charge on any atom is -0.497 e. The molecule has 154 valence electrons. The molecule has 0 bridgehead atoms. The minimum absolute atomic E-state index is 0.105. The standard InChI is InChI=1S/C22H29N5O2/c1-16-23-20-10-13-27(22(28)25-17-8-7-9-18(14-17)29-2)15-19(20)21(24-16)26-11-5-3-4-6-12-26/h7-9,14H,3-6,10-13,15H2,1-2H3,(H,25,28). The van der Waals surface area contributed by atoms with Crippen molar-refractivity contribution in [2.24, 2.45) is 0 Å². The minimum atomic E-state index is -0.105. The van der Waals surface area contributed by atoms with Crippen LogP contribution in [0.15, 0.2) is 24.3 Å². The molecule has 1 N–H and O–H groups in total. The predicted octanol–water partition coefficient (Wildman–Crippen LogP) is 3.76. The van der Waals surface area contributed by atoms with E-state index in [0.717, 1.165) is 53.8 Å². The molecule has 2 aliphatic heterocycles. The molecular formula is C22H29N5O2. The van der Waals surface area contributed by atoms with Crippen molar-refractivity contribution < 1.29 is 9.53 Å². The van der Waals surface area contributed by atoms with Crippen LogP contribution in [0.5, 0.6) is 5.75 Å². The lowest BCUT2D eigenvalue weighted by Crippen LogP contribution is -2.40. The van der Waals surface area contributed by atoms with Gasteiger partial charge in [0.25, 0.3) is 0 Å².